The van der Waals surface area contributed by atoms with Crippen LogP contribution in [0.4, 0.5) is 5.82 Å². The number of hydrogen-bond donors (Lipinski definition) is 1. The monoisotopic (exact) mass is 362 g/mol. The van der Waals surface area contributed by atoms with E-state index in [2.05, 4.69) is 15.5 Å². The molecular formula is C17H22N4O3S. The molecule has 2 amide bonds. The van der Waals surface area contributed by atoms with Gasteiger partial charge in [-0.05, 0) is 32.9 Å². The summed E-state index contributed by atoms with van der Waals surface area (Å²) < 4.78 is 4.88. The lowest BCUT2D eigenvalue weighted by Gasteiger charge is -2.26. The molecule has 0 atom stereocenters. The molecule has 0 bridgehead atoms. The van der Waals surface area contributed by atoms with Crippen LogP contribution in [0.2, 0.25) is 0 Å². The SMILES string of the molecule is Cc1cc(NC(=O)CSCC(=O)N(Cc2ccccn2)C(C)C)no1. The molecule has 2 heterocycles. The Morgan fingerprint density at radius 2 is 2.12 bits per heavy atom. The van der Waals surface area contributed by atoms with Gasteiger partial charge in [-0.1, -0.05) is 11.2 Å². The van der Waals surface area contributed by atoms with Crippen molar-refractivity contribution in [2.24, 2.45) is 0 Å². The van der Waals surface area contributed by atoms with Gasteiger partial charge in [0.2, 0.25) is 11.8 Å². The molecule has 1 N–H and O–H groups in total. The van der Waals surface area contributed by atoms with E-state index in [1.54, 1.807) is 24.1 Å². The van der Waals surface area contributed by atoms with Crippen LogP contribution in [0.15, 0.2) is 35.0 Å². The van der Waals surface area contributed by atoms with Crippen molar-refractivity contribution >= 4 is 29.4 Å². The number of hydrogen-bond acceptors (Lipinski definition) is 6. The van der Waals surface area contributed by atoms with Gasteiger partial charge in [0.25, 0.3) is 0 Å². The second-order valence-electron chi connectivity index (χ2n) is 5.80. The number of carbonyl (C=O) groups excluding carboxylic acids is 2. The van der Waals surface area contributed by atoms with Gasteiger partial charge in [-0.2, -0.15) is 0 Å². The summed E-state index contributed by atoms with van der Waals surface area (Å²) >= 11 is 1.27. The Labute approximate surface area is 151 Å². The maximum atomic E-state index is 12.5. The van der Waals surface area contributed by atoms with Crippen LogP contribution in [0.5, 0.6) is 0 Å². The van der Waals surface area contributed by atoms with Crippen LogP contribution >= 0.6 is 11.8 Å². The van der Waals surface area contributed by atoms with Gasteiger partial charge < -0.3 is 14.7 Å². The fourth-order valence-corrected chi connectivity index (χ4v) is 2.84. The molecular weight excluding hydrogens is 340 g/mol. The van der Waals surface area contributed by atoms with Crippen LogP contribution in [0.3, 0.4) is 0 Å². The van der Waals surface area contributed by atoms with E-state index in [0.717, 1.165) is 5.69 Å². The smallest absolute Gasteiger partial charge is 0.235 e. The first kappa shape index (κ1) is 19.0. The van der Waals surface area contributed by atoms with Crippen molar-refractivity contribution in [3.05, 3.63) is 41.9 Å². The minimum absolute atomic E-state index is 0.0178. The van der Waals surface area contributed by atoms with Crippen LogP contribution in [0.1, 0.15) is 25.3 Å². The lowest BCUT2D eigenvalue weighted by Crippen LogP contribution is -2.38. The average molecular weight is 362 g/mol. The van der Waals surface area contributed by atoms with E-state index in [4.69, 9.17) is 4.52 Å². The van der Waals surface area contributed by atoms with E-state index in [9.17, 15) is 9.59 Å². The number of pyridine rings is 1. The van der Waals surface area contributed by atoms with E-state index in [1.165, 1.54) is 11.8 Å². The van der Waals surface area contributed by atoms with Gasteiger partial charge in [-0.15, -0.1) is 11.8 Å². The van der Waals surface area contributed by atoms with Crippen LogP contribution in [-0.4, -0.2) is 44.4 Å². The zero-order chi connectivity index (χ0) is 18.2. The van der Waals surface area contributed by atoms with E-state index in [1.807, 2.05) is 32.0 Å². The summed E-state index contributed by atoms with van der Waals surface area (Å²) in [4.78, 5) is 30.3. The highest BCUT2D eigenvalue weighted by molar-refractivity contribution is 8.00. The van der Waals surface area contributed by atoms with Crippen molar-refractivity contribution in [1.82, 2.24) is 15.0 Å². The largest absolute Gasteiger partial charge is 0.360 e. The Morgan fingerprint density at radius 1 is 1.32 bits per heavy atom. The molecule has 0 saturated heterocycles. The molecule has 2 rings (SSSR count). The van der Waals surface area contributed by atoms with Crippen LogP contribution in [0.25, 0.3) is 0 Å². The molecule has 2 aromatic heterocycles. The number of aryl methyl sites for hydroxylation is 1. The summed E-state index contributed by atoms with van der Waals surface area (Å²) in [6, 6.07) is 7.33. The van der Waals surface area contributed by atoms with Crippen molar-refractivity contribution in [1.29, 1.82) is 0 Å². The number of nitrogens with zero attached hydrogens (tertiary/aromatic N) is 3. The quantitative estimate of drug-likeness (QED) is 0.776. The predicted molar refractivity (Wildman–Crippen MR) is 97.1 cm³/mol. The summed E-state index contributed by atoms with van der Waals surface area (Å²) in [5, 5.41) is 6.33. The lowest BCUT2D eigenvalue weighted by atomic mass is 10.2. The summed E-state index contributed by atoms with van der Waals surface area (Å²) in [7, 11) is 0. The Kier molecular flexibility index (Phi) is 7.00. The molecule has 0 aliphatic rings. The average Bonchev–Trinajstić information content (AvgIpc) is 2.98. The third kappa shape index (κ3) is 6.22. The summed E-state index contributed by atoms with van der Waals surface area (Å²) in [5.41, 5.74) is 0.841. The molecule has 7 nitrogen and oxygen atoms in total. The zero-order valence-corrected chi connectivity index (χ0v) is 15.4. The molecule has 0 saturated carbocycles. The first-order chi connectivity index (χ1) is 12.0. The van der Waals surface area contributed by atoms with Crippen molar-refractivity contribution in [3.8, 4) is 0 Å². The molecule has 2 aromatic rings. The number of amides is 2. The van der Waals surface area contributed by atoms with Gasteiger partial charge in [-0.25, -0.2) is 0 Å². The fraction of sp³-hybridized carbons (Fsp3) is 0.412. The minimum Gasteiger partial charge on any atom is -0.360 e. The normalized spacial score (nSPS) is 10.7. The third-order valence-corrected chi connectivity index (χ3v) is 4.27. The van der Waals surface area contributed by atoms with E-state index >= 15 is 0 Å². The van der Waals surface area contributed by atoms with Crippen LogP contribution in [-0.2, 0) is 16.1 Å². The Hall–Kier alpha value is -2.35. The van der Waals surface area contributed by atoms with Gasteiger partial charge in [0, 0.05) is 18.3 Å². The van der Waals surface area contributed by atoms with Crippen molar-refractivity contribution in [3.63, 3.8) is 0 Å². The molecule has 0 fully saturated rings. The van der Waals surface area contributed by atoms with Gasteiger partial charge in [0.05, 0.1) is 23.7 Å². The Bertz CT molecular complexity index is 703. The number of rotatable bonds is 8. The molecule has 0 radical (unpaired) electrons. The van der Waals surface area contributed by atoms with Crippen molar-refractivity contribution in [2.45, 2.75) is 33.4 Å². The summed E-state index contributed by atoms with van der Waals surface area (Å²) in [6.45, 7) is 6.14. The third-order valence-electron chi connectivity index (χ3n) is 3.36. The molecule has 0 aliphatic heterocycles. The first-order valence-corrected chi connectivity index (χ1v) is 9.11. The second-order valence-corrected chi connectivity index (χ2v) is 6.79. The number of anilines is 1. The Balaban J connectivity index is 1.79. The summed E-state index contributed by atoms with van der Waals surface area (Å²) in [6.07, 6.45) is 1.71. The lowest BCUT2D eigenvalue weighted by molar-refractivity contribution is -0.130. The molecule has 0 spiro atoms. The fourth-order valence-electron chi connectivity index (χ4n) is 2.14. The highest BCUT2D eigenvalue weighted by Gasteiger charge is 2.18. The van der Waals surface area contributed by atoms with Gasteiger partial charge in [0.1, 0.15) is 5.76 Å². The Morgan fingerprint density at radius 3 is 2.72 bits per heavy atom. The van der Waals surface area contributed by atoms with E-state index < -0.39 is 0 Å². The second kappa shape index (κ2) is 9.22. The van der Waals surface area contributed by atoms with Crippen LogP contribution in [0, 0.1) is 6.92 Å². The van der Waals surface area contributed by atoms with Gasteiger partial charge in [0.15, 0.2) is 5.82 Å². The van der Waals surface area contributed by atoms with E-state index in [0.29, 0.717) is 18.1 Å². The standard InChI is InChI=1S/C17H22N4O3S/c1-12(2)21(9-14-6-4-5-7-18-14)17(23)11-25-10-16(22)19-15-8-13(3)24-20-15/h4-8,12H,9-11H2,1-3H3,(H,19,20,22). The molecule has 0 aliphatic carbocycles. The highest BCUT2D eigenvalue weighted by Crippen LogP contribution is 2.12. The number of thioether (sulfide) groups is 1. The number of aromatic nitrogens is 2. The minimum atomic E-state index is -0.216. The van der Waals surface area contributed by atoms with E-state index in [-0.39, 0.29) is 29.4 Å². The maximum Gasteiger partial charge on any atom is 0.235 e. The number of carbonyl (C=O) groups is 2. The van der Waals surface area contributed by atoms with Crippen molar-refractivity contribution < 1.29 is 14.1 Å². The summed E-state index contributed by atoms with van der Waals surface area (Å²) in [5.74, 6) is 1.18. The van der Waals surface area contributed by atoms with Gasteiger partial charge in [-0.3, -0.25) is 14.6 Å². The molecule has 25 heavy (non-hydrogen) atoms. The zero-order valence-electron chi connectivity index (χ0n) is 14.6. The molecule has 8 heteroatoms. The van der Waals surface area contributed by atoms with Crippen LogP contribution < -0.4 is 5.32 Å². The van der Waals surface area contributed by atoms with Gasteiger partial charge >= 0.3 is 0 Å². The van der Waals surface area contributed by atoms with Crippen molar-refractivity contribution in [2.75, 3.05) is 16.8 Å². The molecule has 0 aromatic carbocycles. The predicted octanol–water partition coefficient (Wildman–Crippen LogP) is 2.49. The highest BCUT2D eigenvalue weighted by atomic mass is 32.2. The number of nitrogens with one attached hydrogen (secondary N) is 1. The topological polar surface area (TPSA) is 88.3 Å². The molecule has 0 unspecified atom stereocenters. The maximum absolute atomic E-state index is 12.5. The first-order valence-electron chi connectivity index (χ1n) is 7.96. The molecule has 134 valence electrons.